The third-order valence-electron chi connectivity index (χ3n) is 2.60. The molecule has 0 unspecified atom stereocenters. The predicted octanol–water partition coefficient (Wildman–Crippen LogP) is 3.00. The lowest BCUT2D eigenvalue weighted by Gasteiger charge is -2.07. The Kier molecular flexibility index (Phi) is 2.89. The first-order valence-corrected chi connectivity index (χ1v) is 6.02. The van der Waals surface area contributed by atoms with Gasteiger partial charge in [0.25, 0.3) is 0 Å². The lowest BCUT2D eigenvalue weighted by Crippen LogP contribution is -2.00. The van der Waals surface area contributed by atoms with Crippen molar-refractivity contribution in [1.82, 2.24) is 15.2 Å². The van der Waals surface area contributed by atoms with Crippen molar-refractivity contribution < 1.29 is 0 Å². The summed E-state index contributed by atoms with van der Waals surface area (Å²) in [5, 5.41) is 11.6. The summed E-state index contributed by atoms with van der Waals surface area (Å²) in [5.41, 5.74) is 8.49. The highest BCUT2D eigenvalue weighted by molar-refractivity contribution is 6.33. The number of nitrogens with two attached hydrogens (primary N) is 1. The van der Waals surface area contributed by atoms with Gasteiger partial charge in [-0.3, -0.25) is 0 Å². The van der Waals surface area contributed by atoms with Crippen LogP contribution in [-0.2, 0) is 0 Å². The van der Waals surface area contributed by atoms with Crippen LogP contribution in [-0.4, -0.2) is 15.2 Å². The normalized spacial score (nSPS) is 10.6. The Hall–Kier alpha value is -2.40. The van der Waals surface area contributed by atoms with Gasteiger partial charge in [0.1, 0.15) is 5.52 Å². The fourth-order valence-corrected chi connectivity index (χ4v) is 1.86. The monoisotopic (exact) mass is 271 g/mol. The van der Waals surface area contributed by atoms with E-state index in [9.17, 15) is 0 Å². The Labute approximate surface area is 114 Å². The van der Waals surface area contributed by atoms with Crippen LogP contribution in [0, 0.1) is 0 Å². The molecule has 0 aliphatic rings. The van der Waals surface area contributed by atoms with Crippen molar-refractivity contribution in [2.75, 3.05) is 11.1 Å². The fraction of sp³-hybridized carbons (Fsp3) is 0. The number of hydrogen-bond donors (Lipinski definition) is 2. The van der Waals surface area contributed by atoms with Gasteiger partial charge >= 0.3 is 0 Å². The number of para-hydroxylation sites is 1. The molecule has 1 aromatic heterocycles. The molecule has 3 aromatic rings. The van der Waals surface area contributed by atoms with Crippen LogP contribution in [0.4, 0.5) is 17.3 Å². The number of halogens is 1. The van der Waals surface area contributed by atoms with E-state index in [0.29, 0.717) is 22.3 Å². The maximum Gasteiger partial charge on any atom is 0.247 e. The van der Waals surface area contributed by atoms with Crippen molar-refractivity contribution in [3.05, 3.63) is 47.5 Å². The minimum atomic E-state index is 0.381. The van der Waals surface area contributed by atoms with E-state index < -0.39 is 0 Å². The standard InChI is InChI=1S/C13H10ClN5/c14-9-6-5-8(15)7-12(9)17-13-16-10-3-1-2-4-11(10)18-19-13/h1-7H,15H2,(H,16,17,19). The number of nitrogens with one attached hydrogen (secondary N) is 1. The molecule has 5 nitrogen and oxygen atoms in total. The molecule has 0 saturated heterocycles. The van der Waals surface area contributed by atoms with Crippen LogP contribution in [0.1, 0.15) is 0 Å². The highest BCUT2D eigenvalue weighted by Crippen LogP contribution is 2.26. The van der Waals surface area contributed by atoms with E-state index in [-0.39, 0.29) is 0 Å². The second-order valence-electron chi connectivity index (χ2n) is 3.99. The van der Waals surface area contributed by atoms with Gasteiger partial charge < -0.3 is 11.1 Å². The molecule has 0 saturated carbocycles. The first kappa shape index (κ1) is 11.7. The number of hydrogen-bond acceptors (Lipinski definition) is 5. The summed E-state index contributed by atoms with van der Waals surface area (Å²) in [6.45, 7) is 0. The number of aromatic nitrogens is 3. The number of anilines is 3. The first-order chi connectivity index (χ1) is 9.22. The second kappa shape index (κ2) is 4.70. The van der Waals surface area contributed by atoms with Gasteiger partial charge in [-0.25, -0.2) is 4.98 Å². The minimum absolute atomic E-state index is 0.381. The maximum absolute atomic E-state index is 6.07. The Morgan fingerprint density at radius 3 is 2.63 bits per heavy atom. The Morgan fingerprint density at radius 2 is 1.79 bits per heavy atom. The summed E-state index contributed by atoms with van der Waals surface area (Å²) < 4.78 is 0. The molecule has 2 aromatic carbocycles. The average Bonchev–Trinajstić information content (AvgIpc) is 2.43. The Balaban J connectivity index is 1.98. The van der Waals surface area contributed by atoms with E-state index in [4.69, 9.17) is 17.3 Å². The molecule has 3 rings (SSSR count). The van der Waals surface area contributed by atoms with Crippen LogP contribution >= 0.6 is 11.6 Å². The number of benzene rings is 2. The summed E-state index contributed by atoms with van der Waals surface area (Å²) in [7, 11) is 0. The molecule has 19 heavy (non-hydrogen) atoms. The molecule has 0 atom stereocenters. The Morgan fingerprint density at radius 1 is 1.00 bits per heavy atom. The second-order valence-corrected chi connectivity index (χ2v) is 4.40. The molecule has 0 amide bonds. The van der Waals surface area contributed by atoms with E-state index >= 15 is 0 Å². The quantitative estimate of drug-likeness (QED) is 0.701. The van der Waals surface area contributed by atoms with E-state index in [0.717, 1.165) is 11.0 Å². The molecule has 94 valence electrons. The van der Waals surface area contributed by atoms with Crippen LogP contribution in [0.25, 0.3) is 11.0 Å². The molecule has 0 aliphatic heterocycles. The van der Waals surface area contributed by atoms with Crippen molar-refractivity contribution in [1.29, 1.82) is 0 Å². The zero-order chi connectivity index (χ0) is 13.2. The van der Waals surface area contributed by atoms with Crippen LogP contribution in [0.15, 0.2) is 42.5 Å². The molecular formula is C13H10ClN5. The Bertz CT molecular complexity index is 744. The molecule has 0 fully saturated rings. The van der Waals surface area contributed by atoms with Crippen LogP contribution in [0.3, 0.4) is 0 Å². The molecule has 6 heteroatoms. The molecular weight excluding hydrogens is 262 g/mol. The van der Waals surface area contributed by atoms with Gasteiger partial charge in [0.05, 0.1) is 16.2 Å². The average molecular weight is 272 g/mol. The summed E-state index contributed by atoms with van der Waals surface area (Å²) in [4.78, 5) is 4.36. The lowest BCUT2D eigenvalue weighted by atomic mass is 10.3. The van der Waals surface area contributed by atoms with Crippen molar-refractivity contribution in [3.8, 4) is 0 Å². The van der Waals surface area contributed by atoms with Crippen molar-refractivity contribution in [2.45, 2.75) is 0 Å². The smallest absolute Gasteiger partial charge is 0.247 e. The highest BCUT2D eigenvalue weighted by atomic mass is 35.5. The number of fused-ring (bicyclic) bond motifs is 1. The summed E-state index contributed by atoms with van der Waals surface area (Å²) in [6.07, 6.45) is 0. The van der Waals surface area contributed by atoms with Gasteiger partial charge in [0.2, 0.25) is 5.95 Å². The van der Waals surface area contributed by atoms with Crippen molar-refractivity contribution >= 4 is 40.0 Å². The van der Waals surface area contributed by atoms with Crippen LogP contribution < -0.4 is 11.1 Å². The van der Waals surface area contributed by atoms with Crippen LogP contribution in [0.2, 0.25) is 5.02 Å². The topological polar surface area (TPSA) is 76.7 Å². The fourth-order valence-electron chi connectivity index (χ4n) is 1.69. The van der Waals surface area contributed by atoms with E-state index in [2.05, 4.69) is 20.5 Å². The third-order valence-corrected chi connectivity index (χ3v) is 2.93. The minimum Gasteiger partial charge on any atom is -0.399 e. The molecule has 0 radical (unpaired) electrons. The highest BCUT2D eigenvalue weighted by Gasteiger charge is 2.05. The first-order valence-electron chi connectivity index (χ1n) is 5.64. The summed E-state index contributed by atoms with van der Waals surface area (Å²) in [6, 6.07) is 12.7. The van der Waals surface area contributed by atoms with Gasteiger partial charge in [-0.2, -0.15) is 0 Å². The van der Waals surface area contributed by atoms with E-state index in [1.165, 1.54) is 0 Å². The van der Waals surface area contributed by atoms with Gasteiger partial charge in [0, 0.05) is 5.69 Å². The van der Waals surface area contributed by atoms with Gasteiger partial charge in [-0.15, -0.1) is 10.2 Å². The third kappa shape index (κ3) is 2.41. The van der Waals surface area contributed by atoms with Crippen molar-refractivity contribution in [3.63, 3.8) is 0 Å². The number of nitrogen functional groups attached to an aromatic ring is 1. The zero-order valence-corrected chi connectivity index (χ0v) is 10.6. The lowest BCUT2D eigenvalue weighted by molar-refractivity contribution is 1.03. The molecule has 1 heterocycles. The van der Waals surface area contributed by atoms with E-state index in [1.807, 2.05) is 24.3 Å². The maximum atomic E-state index is 6.07. The molecule has 0 aliphatic carbocycles. The molecule has 0 bridgehead atoms. The summed E-state index contributed by atoms with van der Waals surface area (Å²) in [5.74, 6) is 0.381. The number of nitrogens with zero attached hydrogens (tertiary/aromatic N) is 3. The van der Waals surface area contributed by atoms with Gasteiger partial charge in [-0.05, 0) is 30.3 Å². The SMILES string of the molecule is Nc1ccc(Cl)c(Nc2nnc3ccccc3n2)c1. The van der Waals surface area contributed by atoms with Gasteiger partial charge in [-0.1, -0.05) is 23.7 Å². The largest absolute Gasteiger partial charge is 0.399 e. The van der Waals surface area contributed by atoms with Crippen LogP contribution in [0.5, 0.6) is 0 Å². The van der Waals surface area contributed by atoms with Crippen molar-refractivity contribution in [2.24, 2.45) is 0 Å². The number of rotatable bonds is 2. The zero-order valence-electron chi connectivity index (χ0n) is 9.84. The van der Waals surface area contributed by atoms with E-state index in [1.54, 1.807) is 18.2 Å². The predicted molar refractivity (Wildman–Crippen MR) is 76.5 cm³/mol. The summed E-state index contributed by atoms with van der Waals surface area (Å²) >= 11 is 6.07. The van der Waals surface area contributed by atoms with Gasteiger partial charge in [0.15, 0.2) is 0 Å². The molecule has 3 N–H and O–H groups in total. The molecule has 0 spiro atoms.